The van der Waals surface area contributed by atoms with Gasteiger partial charge in [0.25, 0.3) is 5.91 Å². The third-order valence-corrected chi connectivity index (χ3v) is 7.14. The molecule has 0 aromatic heterocycles. The lowest BCUT2D eigenvalue weighted by atomic mass is 9.90. The first kappa shape index (κ1) is 25.3. The van der Waals surface area contributed by atoms with E-state index in [1.807, 2.05) is 66.7 Å². The van der Waals surface area contributed by atoms with Gasteiger partial charge in [-0.2, -0.15) is 0 Å². The molecule has 0 aliphatic carbocycles. The summed E-state index contributed by atoms with van der Waals surface area (Å²) in [5.74, 6) is -1.42. The highest BCUT2D eigenvalue weighted by molar-refractivity contribution is 6.07. The van der Waals surface area contributed by atoms with Gasteiger partial charge in [-0.15, -0.1) is 0 Å². The normalized spacial score (nSPS) is 20.0. The van der Waals surface area contributed by atoms with Gasteiger partial charge in [-0.25, -0.2) is 9.86 Å². The summed E-state index contributed by atoms with van der Waals surface area (Å²) >= 11 is 0. The number of para-hydroxylation sites is 1. The lowest BCUT2D eigenvalue weighted by Gasteiger charge is -2.29. The van der Waals surface area contributed by atoms with Crippen molar-refractivity contribution in [1.29, 1.82) is 0 Å². The Morgan fingerprint density at radius 1 is 0.800 bits per heavy atom. The SMILES string of the molecule is COc1cc([C@H]2[C@H]3C(=O)N(Cc4ccccc4)C(=O)[C@H]3ON2c2ccccc2)ccc1OC(=O)c1ccccc1. The van der Waals surface area contributed by atoms with E-state index in [0.717, 1.165) is 5.56 Å². The molecule has 3 atom stereocenters. The van der Waals surface area contributed by atoms with Crippen LogP contribution in [0.15, 0.2) is 109 Å². The number of rotatable bonds is 7. The van der Waals surface area contributed by atoms with Crippen molar-refractivity contribution < 1.29 is 28.7 Å². The first-order valence-corrected chi connectivity index (χ1v) is 12.9. The third-order valence-electron chi connectivity index (χ3n) is 7.14. The van der Waals surface area contributed by atoms with Crippen molar-refractivity contribution in [2.45, 2.75) is 18.7 Å². The van der Waals surface area contributed by atoms with E-state index in [9.17, 15) is 14.4 Å². The van der Waals surface area contributed by atoms with Crippen LogP contribution in [0.3, 0.4) is 0 Å². The molecule has 0 radical (unpaired) electrons. The van der Waals surface area contributed by atoms with Crippen molar-refractivity contribution in [3.05, 3.63) is 126 Å². The second-order valence-electron chi connectivity index (χ2n) is 9.57. The van der Waals surface area contributed by atoms with Crippen LogP contribution < -0.4 is 14.5 Å². The molecule has 200 valence electrons. The number of fused-ring (bicyclic) bond motifs is 1. The Balaban J connectivity index is 1.35. The molecular weight excluding hydrogens is 508 g/mol. The van der Waals surface area contributed by atoms with E-state index < -0.39 is 24.0 Å². The third kappa shape index (κ3) is 4.58. The van der Waals surface area contributed by atoms with Crippen molar-refractivity contribution >= 4 is 23.5 Å². The number of ether oxygens (including phenoxy) is 2. The summed E-state index contributed by atoms with van der Waals surface area (Å²) in [5.41, 5.74) is 2.64. The Kier molecular flexibility index (Phi) is 6.76. The highest BCUT2D eigenvalue weighted by Crippen LogP contribution is 2.48. The Bertz CT molecular complexity index is 1540. The van der Waals surface area contributed by atoms with Crippen molar-refractivity contribution in [3.63, 3.8) is 0 Å². The van der Waals surface area contributed by atoms with Gasteiger partial charge in [0.1, 0.15) is 5.92 Å². The second kappa shape index (κ2) is 10.7. The van der Waals surface area contributed by atoms with Crippen LogP contribution in [0.2, 0.25) is 0 Å². The minimum atomic E-state index is -0.969. The summed E-state index contributed by atoms with van der Waals surface area (Å²) in [5, 5.41) is 1.62. The molecule has 2 amide bonds. The van der Waals surface area contributed by atoms with Gasteiger partial charge in [0.05, 0.1) is 30.9 Å². The fourth-order valence-corrected chi connectivity index (χ4v) is 5.22. The predicted octanol–water partition coefficient (Wildman–Crippen LogP) is 4.96. The van der Waals surface area contributed by atoms with Crippen LogP contribution in [-0.2, 0) is 21.0 Å². The van der Waals surface area contributed by atoms with Crippen molar-refractivity contribution in [1.82, 2.24) is 4.90 Å². The number of benzene rings is 4. The van der Waals surface area contributed by atoms with Gasteiger partial charge in [-0.05, 0) is 47.5 Å². The van der Waals surface area contributed by atoms with Crippen molar-refractivity contribution in [2.75, 3.05) is 12.2 Å². The Hall–Kier alpha value is -4.95. The molecule has 0 spiro atoms. The quantitative estimate of drug-likeness (QED) is 0.188. The number of hydrogen-bond donors (Lipinski definition) is 0. The molecule has 2 aliphatic heterocycles. The number of methoxy groups -OCH3 is 1. The van der Waals surface area contributed by atoms with Gasteiger partial charge in [0, 0.05) is 0 Å². The van der Waals surface area contributed by atoms with E-state index in [0.29, 0.717) is 22.6 Å². The van der Waals surface area contributed by atoms with E-state index in [1.165, 1.54) is 12.0 Å². The molecule has 6 rings (SSSR count). The number of hydrogen-bond acceptors (Lipinski definition) is 7. The molecule has 8 nitrogen and oxygen atoms in total. The number of amides is 2. The summed E-state index contributed by atoms with van der Waals surface area (Å²) in [7, 11) is 1.48. The molecule has 0 bridgehead atoms. The Morgan fingerprint density at radius 3 is 2.12 bits per heavy atom. The average Bonchev–Trinajstić information content (AvgIpc) is 3.50. The minimum Gasteiger partial charge on any atom is -0.493 e. The van der Waals surface area contributed by atoms with E-state index >= 15 is 0 Å². The molecular formula is C32H26N2O6. The summed E-state index contributed by atoms with van der Waals surface area (Å²) < 4.78 is 11.2. The predicted molar refractivity (Wildman–Crippen MR) is 146 cm³/mol. The maximum Gasteiger partial charge on any atom is 0.343 e. The van der Waals surface area contributed by atoms with Crippen LogP contribution in [0.4, 0.5) is 5.69 Å². The van der Waals surface area contributed by atoms with Crippen LogP contribution in [0.5, 0.6) is 11.5 Å². The molecule has 2 aliphatic rings. The number of anilines is 1. The maximum atomic E-state index is 13.8. The van der Waals surface area contributed by atoms with Crippen LogP contribution in [0.25, 0.3) is 0 Å². The zero-order valence-electron chi connectivity index (χ0n) is 21.7. The fourth-order valence-electron chi connectivity index (χ4n) is 5.22. The number of nitrogens with zero attached hydrogens (tertiary/aromatic N) is 2. The van der Waals surface area contributed by atoms with Crippen LogP contribution >= 0.6 is 0 Å². The van der Waals surface area contributed by atoms with Gasteiger partial charge in [-0.1, -0.05) is 72.8 Å². The molecule has 40 heavy (non-hydrogen) atoms. The molecule has 4 aromatic rings. The van der Waals surface area contributed by atoms with Crippen LogP contribution in [0, 0.1) is 5.92 Å². The van der Waals surface area contributed by atoms with E-state index in [4.69, 9.17) is 14.3 Å². The van der Waals surface area contributed by atoms with E-state index in [2.05, 4.69) is 0 Å². The first-order valence-electron chi connectivity index (χ1n) is 12.9. The summed E-state index contributed by atoms with van der Waals surface area (Å²) in [6, 6.07) is 31.9. The van der Waals surface area contributed by atoms with Crippen LogP contribution in [-0.4, -0.2) is 35.9 Å². The smallest absolute Gasteiger partial charge is 0.343 e. The van der Waals surface area contributed by atoms with Gasteiger partial charge in [0.2, 0.25) is 5.91 Å². The van der Waals surface area contributed by atoms with Crippen LogP contribution in [0.1, 0.15) is 27.5 Å². The first-order chi connectivity index (χ1) is 19.5. The molecule has 8 heteroatoms. The zero-order chi connectivity index (χ0) is 27.6. The monoisotopic (exact) mass is 534 g/mol. The van der Waals surface area contributed by atoms with Crippen molar-refractivity contribution in [3.8, 4) is 11.5 Å². The number of carbonyl (C=O) groups excluding carboxylic acids is 3. The van der Waals surface area contributed by atoms with Crippen molar-refractivity contribution in [2.24, 2.45) is 5.92 Å². The standard InChI is InChI=1S/C32H26N2O6/c1-38-26-19-23(17-18-25(26)39-32(37)22-13-7-3-8-14-22)28-27-29(40-34(28)24-15-9-4-10-16-24)31(36)33(30(27)35)20-21-11-5-2-6-12-21/h2-19,27-29H,20H2,1H3/t27-,28+,29+/m1/s1. The number of carbonyl (C=O) groups is 3. The molecule has 2 heterocycles. The molecule has 4 aromatic carbocycles. The van der Waals surface area contributed by atoms with Gasteiger partial charge in [0.15, 0.2) is 17.6 Å². The van der Waals surface area contributed by atoms with E-state index in [1.54, 1.807) is 47.5 Å². The summed E-state index contributed by atoms with van der Waals surface area (Å²) in [4.78, 5) is 47.4. The number of imide groups is 1. The zero-order valence-corrected chi connectivity index (χ0v) is 21.7. The van der Waals surface area contributed by atoms with Gasteiger partial charge < -0.3 is 9.47 Å². The Labute approximate surface area is 231 Å². The molecule has 0 saturated carbocycles. The molecule has 2 saturated heterocycles. The highest BCUT2D eigenvalue weighted by atomic mass is 16.7. The lowest BCUT2D eigenvalue weighted by Crippen LogP contribution is -2.36. The minimum absolute atomic E-state index is 0.171. The second-order valence-corrected chi connectivity index (χ2v) is 9.57. The van der Waals surface area contributed by atoms with Gasteiger partial charge in [-0.3, -0.25) is 19.3 Å². The Morgan fingerprint density at radius 2 is 1.45 bits per heavy atom. The molecule has 2 fully saturated rings. The van der Waals surface area contributed by atoms with E-state index in [-0.39, 0.29) is 24.1 Å². The lowest BCUT2D eigenvalue weighted by molar-refractivity contribution is -0.143. The number of hydroxylamine groups is 1. The number of esters is 1. The maximum absolute atomic E-state index is 13.8. The summed E-state index contributed by atoms with van der Waals surface area (Å²) in [6.45, 7) is 0.171. The fraction of sp³-hybridized carbons (Fsp3) is 0.156. The number of likely N-dealkylation sites (tertiary alicyclic amines) is 1. The highest BCUT2D eigenvalue weighted by Gasteiger charge is 2.59. The largest absolute Gasteiger partial charge is 0.493 e. The molecule has 0 N–H and O–H groups in total. The van der Waals surface area contributed by atoms with Gasteiger partial charge >= 0.3 is 5.97 Å². The summed E-state index contributed by atoms with van der Waals surface area (Å²) in [6.07, 6.45) is -0.969. The average molecular weight is 535 g/mol. The molecule has 0 unspecified atom stereocenters. The topological polar surface area (TPSA) is 85.4 Å².